The molecule has 1 saturated heterocycles. The molecule has 4 nitrogen and oxygen atoms in total. The molecular weight excluding hydrogens is 214 g/mol. The Morgan fingerprint density at radius 2 is 2.40 bits per heavy atom. The van der Waals surface area contributed by atoms with Crippen LogP contribution in [0.2, 0.25) is 0 Å². The van der Waals surface area contributed by atoms with Gasteiger partial charge in [0.15, 0.2) is 0 Å². The first-order valence-electron chi connectivity index (χ1n) is 5.15. The molecule has 1 atom stereocenters. The summed E-state index contributed by atoms with van der Waals surface area (Å²) < 4.78 is 4.97. The van der Waals surface area contributed by atoms with Gasteiger partial charge in [-0.3, -0.25) is 9.69 Å². The van der Waals surface area contributed by atoms with E-state index in [1.54, 1.807) is 18.9 Å². The first kappa shape index (κ1) is 12.8. The van der Waals surface area contributed by atoms with E-state index < -0.39 is 11.5 Å². The van der Waals surface area contributed by atoms with Gasteiger partial charge < -0.3 is 9.84 Å². The summed E-state index contributed by atoms with van der Waals surface area (Å²) in [6.45, 7) is 1.47. The molecule has 1 fully saturated rings. The Hall–Kier alpha value is -0.260. The molecule has 0 radical (unpaired) electrons. The van der Waals surface area contributed by atoms with E-state index in [0.29, 0.717) is 12.4 Å². The maximum absolute atomic E-state index is 11.3. The van der Waals surface area contributed by atoms with E-state index in [-0.39, 0.29) is 0 Å². The lowest BCUT2D eigenvalue weighted by Gasteiger charge is -2.34. The minimum Gasteiger partial charge on any atom is -0.480 e. The molecular formula is C10H19NO3S. The summed E-state index contributed by atoms with van der Waals surface area (Å²) in [5, 5.41) is 9.30. The number of carbonyl (C=O) groups is 1. The molecule has 1 heterocycles. The van der Waals surface area contributed by atoms with Gasteiger partial charge in [-0.1, -0.05) is 0 Å². The molecule has 0 aromatic carbocycles. The first-order valence-corrected chi connectivity index (χ1v) is 6.30. The van der Waals surface area contributed by atoms with Crippen LogP contribution in [0.1, 0.15) is 12.8 Å². The summed E-state index contributed by atoms with van der Waals surface area (Å²) in [6, 6.07) is 0. The first-order chi connectivity index (χ1) is 7.13. The van der Waals surface area contributed by atoms with Gasteiger partial charge in [-0.2, -0.15) is 11.8 Å². The van der Waals surface area contributed by atoms with Crippen LogP contribution in [0.5, 0.6) is 0 Å². The highest BCUT2D eigenvalue weighted by atomic mass is 32.2. The Morgan fingerprint density at radius 1 is 1.67 bits per heavy atom. The number of hydrogen-bond acceptors (Lipinski definition) is 4. The van der Waals surface area contributed by atoms with Crippen LogP contribution < -0.4 is 0 Å². The van der Waals surface area contributed by atoms with Crippen molar-refractivity contribution in [1.29, 1.82) is 0 Å². The third-order valence-corrected chi connectivity index (χ3v) is 4.15. The van der Waals surface area contributed by atoms with Crippen molar-refractivity contribution in [3.05, 3.63) is 0 Å². The van der Waals surface area contributed by atoms with E-state index in [1.807, 2.05) is 11.9 Å². The number of carboxylic acid groups (broad SMARTS) is 1. The molecule has 1 aliphatic rings. The van der Waals surface area contributed by atoms with Crippen LogP contribution in [0, 0.1) is 0 Å². The van der Waals surface area contributed by atoms with Crippen molar-refractivity contribution >= 4 is 17.7 Å². The average molecular weight is 233 g/mol. The molecule has 0 amide bonds. The van der Waals surface area contributed by atoms with Crippen molar-refractivity contribution < 1.29 is 14.6 Å². The van der Waals surface area contributed by atoms with Gasteiger partial charge in [0.1, 0.15) is 5.54 Å². The predicted octanol–water partition coefficient (Wildman–Crippen LogP) is 0.915. The largest absolute Gasteiger partial charge is 0.480 e. The van der Waals surface area contributed by atoms with Crippen LogP contribution in [0.15, 0.2) is 0 Å². The minimum atomic E-state index is -0.688. The second-order valence-corrected chi connectivity index (χ2v) is 5.01. The van der Waals surface area contributed by atoms with Crippen molar-refractivity contribution in [2.45, 2.75) is 18.4 Å². The van der Waals surface area contributed by atoms with Gasteiger partial charge in [-0.15, -0.1) is 0 Å². The highest BCUT2D eigenvalue weighted by Gasteiger charge is 2.45. The van der Waals surface area contributed by atoms with Gasteiger partial charge in [0.2, 0.25) is 0 Å². The summed E-state index contributed by atoms with van der Waals surface area (Å²) in [5.74, 6) is 0.958. The van der Waals surface area contributed by atoms with E-state index in [4.69, 9.17) is 4.74 Å². The molecule has 5 heteroatoms. The van der Waals surface area contributed by atoms with Crippen molar-refractivity contribution in [2.24, 2.45) is 0 Å². The number of hydrogen-bond donors (Lipinski definition) is 1. The summed E-state index contributed by atoms with van der Waals surface area (Å²) in [4.78, 5) is 13.3. The van der Waals surface area contributed by atoms with E-state index >= 15 is 0 Å². The topological polar surface area (TPSA) is 49.8 Å². The second kappa shape index (κ2) is 5.72. The van der Waals surface area contributed by atoms with Gasteiger partial charge in [0.25, 0.3) is 0 Å². The van der Waals surface area contributed by atoms with E-state index in [0.717, 1.165) is 25.1 Å². The molecule has 0 bridgehead atoms. The quantitative estimate of drug-likeness (QED) is 0.691. The summed E-state index contributed by atoms with van der Waals surface area (Å²) in [5.41, 5.74) is -0.640. The van der Waals surface area contributed by atoms with Gasteiger partial charge >= 0.3 is 5.97 Å². The van der Waals surface area contributed by atoms with Crippen molar-refractivity contribution in [2.75, 3.05) is 38.8 Å². The molecule has 1 aliphatic heterocycles. The molecule has 0 aromatic rings. The highest BCUT2D eigenvalue weighted by Crippen LogP contribution is 2.32. The van der Waals surface area contributed by atoms with Gasteiger partial charge in [-0.05, 0) is 25.6 Å². The van der Waals surface area contributed by atoms with Crippen LogP contribution in [-0.2, 0) is 9.53 Å². The number of aliphatic carboxylic acids is 1. The zero-order chi connectivity index (χ0) is 11.3. The van der Waals surface area contributed by atoms with Crippen LogP contribution in [-0.4, -0.2) is 60.3 Å². The van der Waals surface area contributed by atoms with E-state index in [2.05, 4.69) is 0 Å². The molecule has 15 heavy (non-hydrogen) atoms. The number of nitrogens with zero attached hydrogens (tertiary/aromatic N) is 1. The summed E-state index contributed by atoms with van der Waals surface area (Å²) in [6.07, 6.45) is 1.63. The smallest absolute Gasteiger partial charge is 0.325 e. The molecule has 1 unspecified atom stereocenters. The molecule has 0 saturated carbocycles. The number of carboxylic acids is 1. The molecule has 0 aromatic heterocycles. The fraction of sp³-hybridized carbons (Fsp3) is 0.900. The van der Waals surface area contributed by atoms with E-state index in [9.17, 15) is 9.90 Å². The zero-order valence-corrected chi connectivity index (χ0v) is 10.2. The second-order valence-electron chi connectivity index (χ2n) is 3.91. The van der Waals surface area contributed by atoms with Crippen molar-refractivity contribution in [1.82, 2.24) is 4.90 Å². The lowest BCUT2D eigenvalue weighted by atomic mass is 9.97. The van der Waals surface area contributed by atoms with Crippen LogP contribution in [0.3, 0.4) is 0 Å². The zero-order valence-electron chi connectivity index (χ0n) is 9.36. The van der Waals surface area contributed by atoms with Crippen LogP contribution in [0.25, 0.3) is 0 Å². The minimum absolute atomic E-state index is 0.640. The normalized spacial score (nSPS) is 26.1. The fourth-order valence-corrected chi connectivity index (χ4v) is 3.30. The lowest BCUT2D eigenvalue weighted by Crippen LogP contribution is -2.53. The van der Waals surface area contributed by atoms with Gasteiger partial charge in [0.05, 0.1) is 0 Å². The summed E-state index contributed by atoms with van der Waals surface area (Å²) in [7, 11) is 3.56. The van der Waals surface area contributed by atoms with Gasteiger partial charge in [-0.25, -0.2) is 0 Å². The maximum atomic E-state index is 11.3. The van der Waals surface area contributed by atoms with Crippen molar-refractivity contribution in [3.8, 4) is 0 Å². The fourth-order valence-electron chi connectivity index (χ4n) is 1.85. The van der Waals surface area contributed by atoms with E-state index in [1.165, 1.54) is 0 Å². The lowest BCUT2D eigenvalue weighted by molar-refractivity contribution is -0.149. The maximum Gasteiger partial charge on any atom is 0.325 e. The monoisotopic (exact) mass is 233 g/mol. The highest BCUT2D eigenvalue weighted by molar-refractivity contribution is 7.99. The van der Waals surface area contributed by atoms with Gasteiger partial charge in [0, 0.05) is 26.0 Å². The number of ether oxygens (including phenoxy) is 1. The Morgan fingerprint density at radius 3 is 2.87 bits per heavy atom. The molecule has 0 aliphatic carbocycles. The Kier molecular flexibility index (Phi) is 4.89. The molecule has 0 spiro atoms. The predicted molar refractivity (Wildman–Crippen MR) is 61.4 cm³/mol. The number of thioether (sulfide) groups is 1. The Balaban J connectivity index is 2.52. The van der Waals surface area contributed by atoms with Crippen LogP contribution in [0.4, 0.5) is 0 Å². The van der Waals surface area contributed by atoms with Crippen LogP contribution >= 0.6 is 11.8 Å². The number of methoxy groups -OCH3 is 1. The third kappa shape index (κ3) is 2.86. The molecule has 1 rings (SSSR count). The summed E-state index contributed by atoms with van der Waals surface area (Å²) >= 11 is 1.72. The molecule has 1 N–H and O–H groups in total. The SMILES string of the molecule is COCCCN(C)C1(C(=O)O)CCSC1. The third-order valence-electron chi connectivity index (χ3n) is 2.97. The Bertz CT molecular complexity index is 217. The number of likely N-dealkylation sites (N-methyl/N-ethyl adjacent to an activating group) is 1. The Labute approximate surface area is 95.0 Å². The standard InChI is InChI=1S/C10H19NO3S/c1-11(5-3-6-14-2)10(9(12)13)4-7-15-8-10/h3-8H2,1-2H3,(H,12,13). The average Bonchev–Trinajstić information content (AvgIpc) is 2.67. The number of rotatable bonds is 6. The van der Waals surface area contributed by atoms with Crippen molar-refractivity contribution in [3.63, 3.8) is 0 Å². The molecule has 88 valence electrons.